The Morgan fingerprint density at radius 3 is 2.63 bits per heavy atom. The summed E-state index contributed by atoms with van der Waals surface area (Å²) in [4.78, 5) is 15.8. The molecule has 0 spiro atoms. The second-order valence-corrected chi connectivity index (χ2v) is 5.23. The van der Waals surface area contributed by atoms with E-state index >= 15 is 0 Å². The van der Waals surface area contributed by atoms with Gasteiger partial charge in [-0.3, -0.25) is 4.79 Å². The van der Waals surface area contributed by atoms with E-state index < -0.39 is 0 Å². The van der Waals surface area contributed by atoms with Crippen LogP contribution >= 0.6 is 0 Å². The van der Waals surface area contributed by atoms with Gasteiger partial charge >= 0.3 is 0 Å². The van der Waals surface area contributed by atoms with Gasteiger partial charge in [0.1, 0.15) is 5.75 Å². The molecule has 19 heavy (non-hydrogen) atoms. The summed E-state index contributed by atoms with van der Waals surface area (Å²) in [6.07, 6.45) is 2.61. The molecule has 1 aliphatic rings. The van der Waals surface area contributed by atoms with E-state index in [1.54, 1.807) is 12.1 Å². The first-order valence-electron chi connectivity index (χ1n) is 6.85. The normalized spacial score (nSPS) is 15.7. The van der Waals surface area contributed by atoms with Crippen molar-refractivity contribution in [3.8, 4) is 5.75 Å². The minimum atomic E-state index is -0.108. The third-order valence-electron chi connectivity index (χ3n) is 3.75. The number of ketones is 1. The van der Waals surface area contributed by atoms with Gasteiger partial charge in [-0.2, -0.15) is 0 Å². The van der Waals surface area contributed by atoms with E-state index in [1.165, 1.54) is 32.9 Å². The number of hydrogen-bond donors (Lipinski definition) is 1. The number of carbonyl (C=O) groups is 1. The molecule has 0 saturated carbocycles. The number of aromatic hydroxyl groups is 1. The number of likely N-dealkylation sites (tertiary alicyclic amines) is 1. The van der Waals surface area contributed by atoms with Gasteiger partial charge in [0.2, 0.25) is 0 Å². The van der Waals surface area contributed by atoms with E-state index in [-0.39, 0.29) is 11.5 Å². The first-order valence-corrected chi connectivity index (χ1v) is 6.85. The molecule has 2 rings (SSSR count). The van der Waals surface area contributed by atoms with E-state index in [9.17, 15) is 9.90 Å². The summed E-state index contributed by atoms with van der Waals surface area (Å²) in [5.74, 6) is -0.0400. The molecule has 0 bridgehead atoms. The van der Waals surface area contributed by atoms with Crippen molar-refractivity contribution < 1.29 is 9.90 Å². The zero-order valence-electron chi connectivity index (χ0n) is 11.7. The smallest absolute Gasteiger partial charge is 0.163 e. The van der Waals surface area contributed by atoms with Crippen LogP contribution in [0.3, 0.4) is 0 Å². The lowest BCUT2D eigenvalue weighted by Crippen LogP contribution is -2.31. The molecule has 1 aromatic rings. The van der Waals surface area contributed by atoms with Gasteiger partial charge in [-0.25, -0.2) is 0 Å². The van der Waals surface area contributed by atoms with E-state index in [1.807, 2.05) is 13.1 Å². The standard InChI is InChI=1S/C15H22N2O2/c1-12(18)14-6-5-13(11-15(14)19)16(2)9-10-17-7-3-4-8-17/h5-6,11,19H,3-4,7-10H2,1-2H3. The number of Topliss-reactive ketones (excluding diaryl/α,β-unsaturated/α-hetero) is 1. The molecule has 1 saturated heterocycles. The molecule has 1 heterocycles. The van der Waals surface area contributed by atoms with Crippen molar-refractivity contribution in [1.29, 1.82) is 0 Å². The Morgan fingerprint density at radius 1 is 1.37 bits per heavy atom. The van der Waals surface area contributed by atoms with Crippen molar-refractivity contribution in [3.63, 3.8) is 0 Å². The number of hydrogen-bond acceptors (Lipinski definition) is 4. The Labute approximate surface area is 114 Å². The van der Waals surface area contributed by atoms with Crippen LogP contribution in [0.2, 0.25) is 0 Å². The van der Waals surface area contributed by atoms with E-state index in [4.69, 9.17) is 0 Å². The average molecular weight is 262 g/mol. The van der Waals surface area contributed by atoms with Crippen LogP contribution in [0.5, 0.6) is 5.75 Å². The molecule has 4 heteroatoms. The second-order valence-electron chi connectivity index (χ2n) is 5.23. The number of nitrogens with zero attached hydrogens (tertiary/aromatic N) is 2. The van der Waals surface area contributed by atoms with E-state index in [0.717, 1.165) is 18.8 Å². The fourth-order valence-electron chi connectivity index (χ4n) is 2.48. The molecule has 0 aromatic heterocycles. The number of phenols is 1. The van der Waals surface area contributed by atoms with Crippen molar-refractivity contribution in [1.82, 2.24) is 4.90 Å². The Morgan fingerprint density at radius 2 is 2.05 bits per heavy atom. The van der Waals surface area contributed by atoms with Crippen molar-refractivity contribution in [2.45, 2.75) is 19.8 Å². The van der Waals surface area contributed by atoms with Crippen LogP contribution in [0, 0.1) is 0 Å². The van der Waals surface area contributed by atoms with Crippen LogP contribution in [0.4, 0.5) is 5.69 Å². The first kappa shape index (κ1) is 13.9. The van der Waals surface area contributed by atoms with Gasteiger partial charge in [0, 0.05) is 31.9 Å². The molecule has 4 nitrogen and oxygen atoms in total. The molecule has 0 unspecified atom stereocenters. The summed E-state index contributed by atoms with van der Waals surface area (Å²) in [6.45, 7) is 5.83. The molecule has 0 amide bonds. The number of anilines is 1. The zero-order valence-corrected chi connectivity index (χ0v) is 11.7. The van der Waals surface area contributed by atoms with Crippen LogP contribution in [0.1, 0.15) is 30.1 Å². The molecule has 0 atom stereocenters. The summed E-state index contributed by atoms with van der Waals surface area (Å²) in [5, 5.41) is 9.83. The van der Waals surface area contributed by atoms with Gasteiger partial charge in [-0.15, -0.1) is 0 Å². The molecular weight excluding hydrogens is 240 g/mol. The lowest BCUT2D eigenvalue weighted by molar-refractivity contribution is 0.101. The predicted octanol–water partition coefficient (Wildman–Crippen LogP) is 2.13. The summed E-state index contributed by atoms with van der Waals surface area (Å²) < 4.78 is 0. The van der Waals surface area contributed by atoms with Crippen LogP contribution in [-0.2, 0) is 0 Å². The average Bonchev–Trinajstić information content (AvgIpc) is 2.88. The molecule has 1 aliphatic heterocycles. The number of carbonyl (C=O) groups excluding carboxylic acids is 1. The maximum Gasteiger partial charge on any atom is 0.163 e. The minimum absolute atomic E-state index is 0.0676. The predicted molar refractivity (Wildman–Crippen MR) is 77.1 cm³/mol. The molecule has 0 aliphatic carbocycles. The van der Waals surface area contributed by atoms with Crippen LogP contribution in [-0.4, -0.2) is 49.0 Å². The molecule has 1 N–H and O–H groups in total. The first-order chi connectivity index (χ1) is 9.08. The Hall–Kier alpha value is -1.55. The maximum atomic E-state index is 11.3. The fraction of sp³-hybridized carbons (Fsp3) is 0.533. The number of rotatable bonds is 5. The van der Waals surface area contributed by atoms with Gasteiger partial charge in [0.05, 0.1) is 5.56 Å². The highest BCUT2D eigenvalue weighted by molar-refractivity contribution is 5.97. The molecule has 104 valence electrons. The fourth-order valence-corrected chi connectivity index (χ4v) is 2.48. The quantitative estimate of drug-likeness (QED) is 0.826. The SMILES string of the molecule is CC(=O)c1ccc(N(C)CCN2CCCC2)cc1O. The summed E-state index contributed by atoms with van der Waals surface area (Å²) in [6, 6.07) is 5.25. The van der Waals surface area contributed by atoms with Crippen molar-refractivity contribution in [3.05, 3.63) is 23.8 Å². The highest BCUT2D eigenvalue weighted by Gasteiger charge is 2.13. The van der Waals surface area contributed by atoms with E-state index in [0.29, 0.717) is 5.56 Å². The van der Waals surface area contributed by atoms with Crippen molar-refractivity contribution in [2.24, 2.45) is 0 Å². The summed E-state index contributed by atoms with van der Waals surface area (Å²) in [7, 11) is 2.01. The van der Waals surface area contributed by atoms with Gasteiger partial charge in [-0.1, -0.05) is 0 Å². The van der Waals surface area contributed by atoms with Gasteiger partial charge in [0.25, 0.3) is 0 Å². The lowest BCUT2D eigenvalue weighted by atomic mass is 10.1. The topological polar surface area (TPSA) is 43.8 Å². The Bertz CT molecular complexity index is 453. The summed E-state index contributed by atoms with van der Waals surface area (Å²) >= 11 is 0. The Kier molecular flexibility index (Phi) is 4.43. The highest BCUT2D eigenvalue weighted by Crippen LogP contribution is 2.24. The molecule has 0 radical (unpaired) electrons. The monoisotopic (exact) mass is 262 g/mol. The van der Waals surface area contributed by atoms with E-state index in [2.05, 4.69) is 9.80 Å². The molecular formula is C15H22N2O2. The lowest BCUT2D eigenvalue weighted by Gasteiger charge is -2.23. The van der Waals surface area contributed by atoms with Gasteiger partial charge in [0.15, 0.2) is 5.78 Å². The molecule has 1 aromatic carbocycles. The number of benzene rings is 1. The van der Waals surface area contributed by atoms with Gasteiger partial charge in [-0.05, 0) is 45.0 Å². The number of likely N-dealkylation sites (N-methyl/N-ethyl adjacent to an activating group) is 1. The van der Waals surface area contributed by atoms with Crippen LogP contribution in [0.25, 0.3) is 0 Å². The second kappa shape index (κ2) is 6.06. The van der Waals surface area contributed by atoms with Crippen molar-refractivity contribution >= 4 is 11.5 Å². The maximum absolute atomic E-state index is 11.3. The number of phenolic OH excluding ortho intramolecular Hbond substituents is 1. The Balaban J connectivity index is 1.96. The highest BCUT2D eigenvalue weighted by atomic mass is 16.3. The largest absolute Gasteiger partial charge is 0.507 e. The molecule has 1 fully saturated rings. The van der Waals surface area contributed by atoms with Crippen molar-refractivity contribution in [2.75, 3.05) is 38.1 Å². The van der Waals surface area contributed by atoms with Crippen LogP contribution in [0.15, 0.2) is 18.2 Å². The van der Waals surface area contributed by atoms with Gasteiger partial charge < -0.3 is 14.9 Å². The van der Waals surface area contributed by atoms with Crippen LogP contribution < -0.4 is 4.90 Å². The minimum Gasteiger partial charge on any atom is -0.507 e. The summed E-state index contributed by atoms with van der Waals surface area (Å²) in [5.41, 5.74) is 1.33. The zero-order chi connectivity index (χ0) is 13.8. The third-order valence-corrected chi connectivity index (χ3v) is 3.75. The third kappa shape index (κ3) is 3.47.